The molecular weight excluding hydrogens is 282 g/mol. The molecule has 0 heterocycles. The predicted octanol–water partition coefficient (Wildman–Crippen LogP) is 5.26. The Morgan fingerprint density at radius 1 is 1.14 bits per heavy atom. The Morgan fingerprint density at radius 2 is 1.95 bits per heavy atom. The molecular formula is C18H22ClNO. The van der Waals surface area contributed by atoms with Crippen LogP contribution in [0.3, 0.4) is 0 Å². The monoisotopic (exact) mass is 303 g/mol. The van der Waals surface area contributed by atoms with E-state index in [0.717, 1.165) is 23.0 Å². The first kappa shape index (κ1) is 15.7. The maximum absolute atomic E-state index is 5.94. The molecule has 0 bridgehead atoms. The van der Waals surface area contributed by atoms with Crippen LogP contribution in [0.4, 0.5) is 5.69 Å². The van der Waals surface area contributed by atoms with Gasteiger partial charge in [-0.2, -0.15) is 0 Å². The molecule has 0 aliphatic heterocycles. The van der Waals surface area contributed by atoms with Crippen LogP contribution >= 0.6 is 11.6 Å². The molecule has 0 atom stereocenters. The molecule has 0 radical (unpaired) electrons. The van der Waals surface area contributed by atoms with Gasteiger partial charge in [0.05, 0.1) is 0 Å². The van der Waals surface area contributed by atoms with Gasteiger partial charge in [0.15, 0.2) is 0 Å². The highest BCUT2D eigenvalue weighted by molar-refractivity contribution is 6.30. The number of hydrogen-bond acceptors (Lipinski definition) is 2. The Labute approximate surface area is 132 Å². The van der Waals surface area contributed by atoms with Crippen molar-refractivity contribution in [1.82, 2.24) is 0 Å². The summed E-state index contributed by atoms with van der Waals surface area (Å²) < 4.78 is 5.78. The molecule has 0 saturated heterocycles. The van der Waals surface area contributed by atoms with Crippen molar-refractivity contribution in [1.29, 1.82) is 0 Å². The molecule has 2 nitrogen and oxygen atoms in total. The lowest BCUT2D eigenvalue weighted by molar-refractivity contribution is 0.332. The van der Waals surface area contributed by atoms with E-state index >= 15 is 0 Å². The molecule has 2 rings (SSSR count). The predicted molar refractivity (Wildman–Crippen MR) is 90.7 cm³/mol. The van der Waals surface area contributed by atoms with Crippen LogP contribution in [0.2, 0.25) is 5.02 Å². The second-order valence-electron chi connectivity index (χ2n) is 5.46. The molecule has 0 unspecified atom stereocenters. The van der Waals surface area contributed by atoms with Crippen molar-refractivity contribution < 1.29 is 4.74 Å². The molecule has 0 aliphatic rings. The van der Waals surface area contributed by atoms with Crippen LogP contribution in [0.5, 0.6) is 5.75 Å². The second kappa shape index (κ2) is 7.37. The van der Waals surface area contributed by atoms with Gasteiger partial charge in [0.2, 0.25) is 0 Å². The number of halogens is 1. The largest absolute Gasteiger partial charge is 0.492 e. The standard InChI is InChI=1S/C18H22ClNO/c1-13(2)18-8-7-17(11-14(18)3)21-10-9-20-16-6-4-5-15(19)12-16/h4-8,11-13,20H,9-10H2,1-3H3. The number of rotatable bonds is 6. The van der Waals surface area contributed by atoms with Crippen LogP contribution in [0.25, 0.3) is 0 Å². The van der Waals surface area contributed by atoms with E-state index in [1.165, 1.54) is 11.1 Å². The van der Waals surface area contributed by atoms with Crippen molar-refractivity contribution in [3.05, 3.63) is 58.6 Å². The van der Waals surface area contributed by atoms with Crippen molar-refractivity contribution in [3.63, 3.8) is 0 Å². The summed E-state index contributed by atoms with van der Waals surface area (Å²) in [5, 5.41) is 4.03. The average molecular weight is 304 g/mol. The topological polar surface area (TPSA) is 21.3 Å². The molecule has 2 aromatic carbocycles. The van der Waals surface area contributed by atoms with E-state index in [2.05, 4.69) is 38.2 Å². The lowest BCUT2D eigenvalue weighted by Gasteiger charge is -2.13. The highest BCUT2D eigenvalue weighted by Crippen LogP contribution is 2.23. The van der Waals surface area contributed by atoms with Crippen molar-refractivity contribution in [2.75, 3.05) is 18.5 Å². The van der Waals surface area contributed by atoms with Crippen molar-refractivity contribution in [2.24, 2.45) is 0 Å². The fourth-order valence-corrected chi connectivity index (χ4v) is 2.54. The summed E-state index contributed by atoms with van der Waals surface area (Å²) in [6, 6.07) is 14.0. The van der Waals surface area contributed by atoms with Crippen LogP contribution in [-0.4, -0.2) is 13.2 Å². The zero-order chi connectivity index (χ0) is 15.2. The summed E-state index contributed by atoms with van der Waals surface area (Å²) >= 11 is 5.94. The Hall–Kier alpha value is -1.67. The Balaban J connectivity index is 1.82. The lowest BCUT2D eigenvalue weighted by atomic mass is 9.98. The van der Waals surface area contributed by atoms with Gasteiger partial charge in [0.25, 0.3) is 0 Å². The summed E-state index contributed by atoms with van der Waals surface area (Å²) in [6.45, 7) is 7.90. The summed E-state index contributed by atoms with van der Waals surface area (Å²) in [5.41, 5.74) is 3.67. The quantitative estimate of drug-likeness (QED) is 0.735. The van der Waals surface area contributed by atoms with Crippen LogP contribution in [-0.2, 0) is 0 Å². The van der Waals surface area contributed by atoms with Crippen LogP contribution < -0.4 is 10.1 Å². The summed E-state index contributed by atoms with van der Waals surface area (Å²) in [7, 11) is 0. The van der Waals surface area contributed by atoms with Crippen molar-refractivity contribution in [3.8, 4) is 5.75 Å². The molecule has 0 aliphatic carbocycles. The number of benzene rings is 2. The number of hydrogen-bond donors (Lipinski definition) is 1. The van der Waals surface area contributed by atoms with E-state index in [-0.39, 0.29) is 0 Å². The van der Waals surface area contributed by atoms with Gasteiger partial charge in [-0.1, -0.05) is 37.6 Å². The number of ether oxygens (including phenoxy) is 1. The summed E-state index contributed by atoms with van der Waals surface area (Å²) in [4.78, 5) is 0. The Kier molecular flexibility index (Phi) is 5.51. The minimum atomic E-state index is 0.545. The molecule has 3 heteroatoms. The van der Waals surface area contributed by atoms with E-state index in [1.54, 1.807) is 0 Å². The summed E-state index contributed by atoms with van der Waals surface area (Å²) in [6.07, 6.45) is 0. The minimum absolute atomic E-state index is 0.545. The van der Waals surface area contributed by atoms with Gasteiger partial charge in [0, 0.05) is 17.3 Å². The van der Waals surface area contributed by atoms with Gasteiger partial charge in [-0.25, -0.2) is 0 Å². The fraction of sp³-hybridized carbons (Fsp3) is 0.333. The molecule has 0 amide bonds. The van der Waals surface area contributed by atoms with Gasteiger partial charge in [-0.05, 0) is 54.3 Å². The Morgan fingerprint density at radius 3 is 2.62 bits per heavy atom. The smallest absolute Gasteiger partial charge is 0.119 e. The SMILES string of the molecule is Cc1cc(OCCNc2cccc(Cl)c2)ccc1C(C)C. The van der Waals surface area contributed by atoms with Gasteiger partial charge in [0.1, 0.15) is 12.4 Å². The van der Waals surface area contributed by atoms with E-state index in [9.17, 15) is 0 Å². The first-order chi connectivity index (χ1) is 10.1. The number of aryl methyl sites for hydroxylation is 1. The van der Waals surface area contributed by atoms with Crippen molar-refractivity contribution in [2.45, 2.75) is 26.7 Å². The van der Waals surface area contributed by atoms with E-state index < -0.39 is 0 Å². The Bertz CT molecular complexity index is 596. The van der Waals surface area contributed by atoms with Crippen LogP contribution in [0.15, 0.2) is 42.5 Å². The van der Waals surface area contributed by atoms with Gasteiger partial charge in [-0.3, -0.25) is 0 Å². The van der Waals surface area contributed by atoms with Gasteiger partial charge >= 0.3 is 0 Å². The molecule has 0 spiro atoms. The summed E-state index contributed by atoms with van der Waals surface area (Å²) in [5.74, 6) is 1.47. The fourth-order valence-electron chi connectivity index (χ4n) is 2.35. The molecule has 21 heavy (non-hydrogen) atoms. The lowest BCUT2D eigenvalue weighted by Crippen LogP contribution is -2.11. The third-order valence-corrected chi connectivity index (χ3v) is 3.62. The van der Waals surface area contributed by atoms with E-state index in [1.807, 2.05) is 30.3 Å². The zero-order valence-electron chi connectivity index (χ0n) is 12.8. The zero-order valence-corrected chi connectivity index (χ0v) is 13.6. The third kappa shape index (κ3) is 4.68. The normalized spacial score (nSPS) is 10.7. The molecule has 1 N–H and O–H groups in total. The molecule has 112 valence electrons. The van der Waals surface area contributed by atoms with Gasteiger partial charge in [-0.15, -0.1) is 0 Å². The first-order valence-electron chi connectivity index (χ1n) is 7.29. The highest BCUT2D eigenvalue weighted by Gasteiger charge is 2.04. The van der Waals surface area contributed by atoms with Gasteiger partial charge < -0.3 is 10.1 Å². The molecule has 0 saturated carbocycles. The van der Waals surface area contributed by atoms with Crippen LogP contribution in [0.1, 0.15) is 30.9 Å². The van der Waals surface area contributed by atoms with Crippen LogP contribution in [0, 0.1) is 6.92 Å². The maximum atomic E-state index is 5.94. The first-order valence-corrected chi connectivity index (χ1v) is 7.67. The van der Waals surface area contributed by atoms with E-state index in [0.29, 0.717) is 12.5 Å². The number of anilines is 1. The second-order valence-corrected chi connectivity index (χ2v) is 5.90. The number of nitrogens with one attached hydrogen (secondary N) is 1. The minimum Gasteiger partial charge on any atom is -0.492 e. The highest BCUT2D eigenvalue weighted by atomic mass is 35.5. The van der Waals surface area contributed by atoms with E-state index in [4.69, 9.17) is 16.3 Å². The maximum Gasteiger partial charge on any atom is 0.119 e. The molecule has 0 fully saturated rings. The van der Waals surface area contributed by atoms with Crippen molar-refractivity contribution >= 4 is 17.3 Å². The molecule has 0 aromatic heterocycles. The average Bonchev–Trinajstić information content (AvgIpc) is 2.43. The third-order valence-electron chi connectivity index (χ3n) is 3.39. The molecule has 2 aromatic rings.